The standard InChI is InChI=1S/C10H7FNO/c1-7-10(13-6-12-7)8-4-2-3-5-9(8)11/h2-5H,1H3. The summed E-state index contributed by atoms with van der Waals surface area (Å²) in [6, 6.07) is 6.42. The summed E-state index contributed by atoms with van der Waals surface area (Å²) in [5.74, 6) is 0.133. The fourth-order valence-electron chi connectivity index (χ4n) is 1.16. The molecule has 0 aliphatic rings. The number of aryl methyl sites for hydroxylation is 1. The van der Waals surface area contributed by atoms with Gasteiger partial charge in [-0.1, -0.05) is 12.1 Å². The summed E-state index contributed by atoms with van der Waals surface area (Å²) >= 11 is 0. The minimum absolute atomic E-state index is 0.309. The number of aromatic nitrogens is 1. The highest BCUT2D eigenvalue weighted by atomic mass is 19.1. The third-order valence-electron chi connectivity index (χ3n) is 1.81. The van der Waals surface area contributed by atoms with Crippen molar-refractivity contribution in [2.24, 2.45) is 0 Å². The van der Waals surface area contributed by atoms with Crippen LogP contribution in [0.2, 0.25) is 0 Å². The van der Waals surface area contributed by atoms with Crippen molar-refractivity contribution in [3.05, 3.63) is 42.2 Å². The van der Waals surface area contributed by atoms with Gasteiger partial charge in [0, 0.05) is 0 Å². The fourth-order valence-corrected chi connectivity index (χ4v) is 1.16. The van der Waals surface area contributed by atoms with Crippen LogP contribution in [0.1, 0.15) is 5.69 Å². The highest BCUT2D eigenvalue weighted by Gasteiger charge is 2.10. The van der Waals surface area contributed by atoms with E-state index in [1.165, 1.54) is 6.07 Å². The fraction of sp³-hybridized carbons (Fsp3) is 0.100. The van der Waals surface area contributed by atoms with Crippen LogP contribution in [0.5, 0.6) is 0 Å². The Bertz CT molecular complexity index is 422. The van der Waals surface area contributed by atoms with Gasteiger partial charge < -0.3 is 4.42 Å². The first kappa shape index (κ1) is 7.98. The topological polar surface area (TPSA) is 26.0 Å². The lowest BCUT2D eigenvalue weighted by Gasteiger charge is -1.98. The van der Waals surface area contributed by atoms with E-state index < -0.39 is 0 Å². The number of halogens is 1. The summed E-state index contributed by atoms with van der Waals surface area (Å²) < 4.78 is 18.2. The first-order chi connectivity index (χ1) is 6.29. The molecule has 1 radical (unpaired) electrons. The molecule has 0 fully saturated rings. The van der Waals surface area contributed by atoms with Gasteiger partial charge in [0.05, 0.1) is 11.3 Å². The molecule has 3 heteroatoms. The van der Waals surface area contributed by atoms with Crippen molar-refractivity contribution in [3.8, 4) is 11.3 Å². The zero-order valence-electron chi connectivity index (χ0n) is 7.04. The first-order valence-electron chi connectivity index (χ1n) is 3.87. The second-order valence-corrected chi connectivity index (χ2v) is 2.70. The van der Waals surface area contributed by atoms with Crippen LogP contribution in [0, 0.1) is 19.1 Å². The summed E-state index contributed by atoms with van der Waals surface area (Å²) in [5.41, 5.74) is 1.07. The zero-order valence-corrected chi connectivity index (χ0v) is 7.04. The predicted molar refractivity (Wildman–Crippen MR) is 45.5 cm³/mol. The molecule has 2 rings (SSSR count). The van der Waals surface area contributed by atoms with Crippen molar-refractivity contribution in [3.63, 3.8) is 0 Å². The minimum atomic E-state index is -0.309. The van der Waals surface area contributed by atoms with Crippen LogP contribution < -0.4 is 0 Å². The monoisotopic (exact) mass is 176 g/mol. The molecule has 0 saturated carbocycles. The van der Waals surface area contributed by atoms with E-state index in [0.717, 1.165) is 0 Å². The van der Waals surface area contributed by atoms with Crippen LogP contribution in [0.3, 0.4) is 0 Å². The van der Waals surface area contributed by atoms with Gasteiger partial charge in [0.1, 0.15) is 5.82 Å². The van der Waals surface area contributed by atoms with Crippen molar-refractivity contribution in [1.29, 1.82) is 0 Å². The second-order valence-electron chi connectivity index (χ2n) is 2.70. The molecule has 0 N–H and O–H groups in total. The maximum absolute atomic E-state index is 13.2. The number of hydrogen-bond donors (Lipinski definition) is 0. The van der Waals surface area contributed by atoms with Crippen LogP contribution in [0.4, 0.5) is 4.39 Å². The Morgan fingerprint density at radius 2 is 2.15 bits per heavy atom. The Balaban J connectivity index is 2.59. The third kappa shape index (κ3) is 1.33. The molecule has 1 heterocycles. The van der Waals surface area contributed by atoms with Gasteiger partial charge in [-0.2, -0.15) is 0 Å². The van der Waals surface area contributed by atoms with Gasteiger partial charge in [-0.15, -0.1) is 0 Å². The molecule has 65 valence electrons. The van der Waals surface area contributed by atoms with E-state index in [-0.39, 0.29) is 5.82 Å². The van der Waals surface area contributed by atoms with Crippen LogP contribution >= 0.6 is 0 Å². The van der Waals surface area contributed by atoms with Gasteiger partial charge in [0.2, 0.25) is 0 Å². The van der Waals surface area contributed by atoms with E-state index >= 15 is 0 Å². The van der Waals surface area contributed by atoms with Gasteiger partial charge >= 0.3 is 0 Å². The molecular formula is C10H7FNO. The summed E-state index contributed by atoms with van der Waals surface area (Å²) in [4.78, 5) is 3.78. The average molecular weight is 176 g/mol. The third-order valence-corrected chi connectivity index (χ3v) is 1.81. The largest absolute Gasteiger partial charge is 0.432 e. The summed E-state index contributed by atoms with van der Waals surface area (Å²) in [7, 11) is 0. The van der Waals surface area contributed by atoms with Gasteiger partial charge in [-0.3, -0.25) is 0 Å². The minimum Gasteiger partial charge on any atom is -0.432 e. The van der Waals surface area contributed by atoms with Crippen molar-refractivity contribution in [2.45, 2.75) is 6.92 Å². The molecule has 0 aliphatic heterocycles. The summed E-state index contributed by atoms with van der Waals surface area (Å²) in [6.07, 6.45) is 2.33. The van der Waals surface area contributed by atoms with Gasteiger partial charge in [0.25, 0.3) is 6.39 Å². The van der Waals surface area contributed by atoms with E-state index in [0.29, 0.717) is 17.0 Å². The lowest BCUT2D eigenvalue weighted by Crippen LogP contribution is -1.83. The summed E-state index contributed by atoms with van der Waals surface area (Å²) in [5, 5.41) is 0. The SMILES string of the molecule is Cc1n[c]oc1-c1ccccc1F. The maximum Gasteiger partial charge on any atom is 0.284 e. The maximum atomic E-state index is 13.2. The first-order valence-corrected chi connectivity index (χ1v) is 3.87. The molecule has 13 heavy (non-hydrogen) atoms. The van der Waals surface area contributed by atoms with Gasteiger partial charge in [0.15, 0.2) is 5.76 Å². The smallest absolute Gasteiger partial charge is 0.284 e. The summed E-state index contributed by atoms with van der Waals surface area (Å²) in [6.45, 7) is 1.75. The Morgan fingerprint density at radius 3 is 2.77 bits per heavy atom. The van der Waals surface area contributed by atoms with Crippen LogP contribution in [0.15, 0.2) is 28.7 Å². The van der Waals surface area contributed by atoms with Crippen molar-refractivity contribution in [1.82, 2.24) is 4.98 Å². The normalized spacial score (nSPS) is 10.3. The molecule has 2 aromatic rings. The van der Waals surface area contributed by atoms with Gasteiger partial charge in [-0.25, -0.2) is 9.37 Å². The van der Waals surface area contributed by atoms with E-state index in [9.17, 15) is 4.39 Å². The molecule has 0 atom stereocenters. The van der Waals surface area contributed by atoms with E-state index in [2.05, 4.69) is 11.4 Å². The quantitative estimate of drug-likeness (QED) is 0.667. The molecule has 1 aromatic heterocycles. The van der Waals surface area contributed by atoms with Crippen molar-refractivity contribution >= 4 is 0 Å². The number of hydrogen-bond acceptors (Lipinski definition) is 2. The molecule has 0 spiro atoms. The Labute approximate surface area is 75.0 Å². The van der Waals surface area contributed by atoms with E-state index in [1.54, 1.807) is 25.1 Å². The molecule has 0 unspecified atom stereocenters. The number of rotatable bonds is 1. The van der Waals surface area contributed by atoms with Crippen LogP contribution in [-0.2, 0) is 0 Å². The molecule has 1 aromatic carbocycles. The molecular weight excluding hydrogens is 169 g/mol. The van der Waals surface area contributed by atoms with E-state index in [1.807, 2.05) is 0 Å². The lowest BCUT2D eigenvalue weighted by atomic mass is 10.1. The Kier molecular flexibility index (Phi) is 1.85. The number of benzene rings is 1. The highest BCUT2D eigenvalue weighted by Crippen LogP contribution is 2.24. The Morgan fingerprint density at radius 1 is 1.38 bits per heavy atom. The number of oxazole rings is 1. The molecule has 0 amide bonds. The second kappa shape index (κ2) is 3.01. The van der Waals surface area contributed by atoms with Crippen molar-refractivity contribution < 1.29 is 8.81 Å². The van der Waals surface area contributed by atoms with Crippen LogP contribution in [0.25, 0.3) is 11.3 Å². The zero-order chi connectivity index (χ0) is 9.26. The van der Waals surface area contributed by atoms with E-state index in [4.69, 9.17) is 4.42 Å². The van der Waals surface area contributed by atoms with Gasteiger partial charge in [-0.05, 0) is 19.1 Å². The average Bonchev–Trinajstić information content (AvgIpc) is 2.52. The molecule has 0 bridgehead atoms. The molecule has 0 aliphatic carbocycles. The lowest BCUT2D eigenvalue weighted by molar-refractivity contribution is 0.552. The highest BCUT2D eigenvalue weighted by molar-refractivity contribution is 5.59. The Hall–Kier alpha value is -1.64. The van der Waals surface area contributed by atoms with Crippen LogP contribution in [-0.4, -0.2) is 4.98 Å². The predicted octanol–water partition coefficient (Wildman–Crippen LogP) is 2.59. The number of nitrogens with zero attached hydrogens (tertiary/aromatic N) is 1. The van der Waals surface area contributed by atoms with Crippen molar-refractivity contribution in [2.75, 3.05) is 0 Å². The molecule has 0 saturated heterocycles. The molecule has 2 nitrogen and oxygen atoms in total.